The van der Waals surface area contributed by atoms with Gasteiger partial charge >= 0.3 is 0 Å². The molecule has 0 fully saturated rings. The fraction of sp³-hybridized carbons (Fsp3) is 0.667. The molecule has 0 aliphatic carbocycles. The lowest BCUT2D eigenvalue weighted by Gasteiger charge is -2.16. The van der Waals surface area contributed by atoms with Gasteiger partial charge in [-0.25, -0.2) is 4.98 Å². The highest BCUT2D eigenvalue weighted by Crippen LogP contribution is 2.14. The number of amides is 1. The Labute approximate surface area is 107 Å². The van der Waals surface area contributed by atoms with Crippen LogP contribution in [0.15, 0.2) is 11.6 Å². The molecule has 96 valence electrons. The van der Waals surface area contributed by atoms with Crippen LogP contribution in [0.2, 0.25) is 0 Å². The molecular weight excluding hydrogens is 234 g/mol. The minimum atomic E-state index is 0.0660. The zero-order valence-corrected chi connectivity index (χ0v) is 11.3. The van der Waals surface area contributed by atoms with E-state index in [1.807, 2.05) is 5.38 Å². The van der Waals surface area contributed by atoms with E-state index in [1.165, 1.54) is 0 Å². The molecule has 3 N–H and O–H groups in total. The normalized spacial score (nSPS) is 12.7. The molecule has 1 heterocycles. The summed E-state index contributed by atoms with van der Waals surface area (Å²) in [6.45, 7) is 5.39. The third-order valence-corrected chi connectivity index (χ3v) is 3.31. The fourth-order valence-corrected chi connectivity index (χ4v) is 2.33. The maximum atomic E-state index is 11.7. The Kier molecular flexibility index (Phi) is 6.15. The van der Waals surface area contributed by atoms with Crippen molar-refractivity contribution in [1.29, 1.82) is 0 Å². The minimum Gasteiger partial charge on any atom is -0.350 e. The van der Waals surface area contributed by atoms with E-state index in [-0.39, 0.29) is 11.8 Å². The Morgan fingerprint density at radius 1 is 1.59 bits per heavy atom. The van der Waals surface area contributed by atoms with Crippen molar-refractivity contribution in [3.05, 3.63) is 16.6 Å². The first-order chi connectivity index (χ1) is 8.11. The van der Waals surface area contributed by atoms with Crippen molar-refractivity contribution in [2.24, 2.45) is 17.6 Å². The Bertz CT molecular complexity index is 325. The first-order valence-electron chi connectivity index (χ1n) is 5.97. The summed E-state index contributed by atoms with van der Waals surface area (Å²) >= 11 is 1.55. The van der Waals surface area contributed by atoms with Gasteiger partial charge in [0.05, 0.1) is 6.54 Å². The maximum absolute atomic E-state index is 11.7. The lowest BCUT2D eigenvalue weighted by molar-refractivity contribution is -0.122. The quantitative estimate of drug-likeness (QED) is 0.780. The van der Waals surface area contributed by atoms with Crippen LogP contribution in [0.1, 0.15) is 31.7 Å². The molecule has 4 nitrogen and oxygen atoms in total. The van der Waals surface area contributed by atoms with Gasteiger partial charge in [0, 0.05) is 18.0 Å². The lowest BCUT2D eigenvalue weighted by atomic mass is 9.94. The summed E-state index contributed by atoms with van der Waals surface area (Å²) in [4.78, 5) is 15.8. The number of nitrogens with two attached hydrogens (primary N) is 1. The summed E-state index contributed by atoms with van der Waals surface area (Å²) in [5.41, 5.74) is 5.67. The van der Waals surface area contributed by atoms with Crippen LogP contribution in [-0.4, -0.2) is 17.4 Å². The number of hydrogen-bond acceptors (Lipinski definition) is 4. The molecule has 0 aliphatic heterocycles. The number of rotatable bonds is 7. The molecule has 1 atom stereocenters. The highest BCUT2D eigenvalue weighted by molar-refractivity contribution is 7.09. The summed E-state index contributed by atoms with van der Waals surface area (Å²) in [5, 5.41) is 5.72. The monoisotopic (exact) mass is 255 g/mol. The summed E-state index contributed by atoms with van der Waals surface area (Å²) in [6.07, 6.45) is 3.26. The van der Waals surface area contributed by atoms with Gasteiger partial charge in [-0.1, -0.05) is 13.8 Å². The number of carbonyl (C=O) groups is 1. The summed E-state index contributed by atoms with van der Waals surface area (Å²) < 4.78 is 0. The van der Waals surface area contributed by atoms with Crippen molar-refractivity contribution in [3.63, 3.8) is 0 Å². The van der Waals surface area contributed by atoms with E-state index in [0.717, 1.165) is 11.4 Å². The molecular formula is C12H21N3OS. The van der Waals surface area contributed by atoms with Crippen LogP contribution < -0.4 is 11.1 Å². The summed E-state index contributed by atoms with van der Waals surface area (Å²) in [5.74, 6) is 0.929. The van der Waals surface area contributed by atoms with Crippen molar-refractivity contribution in [2.75, 3.05) is 6.54 Å². The number of aromatic nitrogens is 1. The van der Waals surface area contributed by atoms with Crippen molar-refractivity contribution in [1.82, 2.24) is 10.3 Å². The van der Waals surface area contributed by atoms with Crippen LogP contribution in [0, 0.1) is 11.8 Å². The predicted octanol–water partition coefficient (Wildman–Crippen LogP) is 1.77. The molecule has 1 aromatic rings. The second-order valence-corrected chi connectivity index (χ2v) is 5.62. The van der Waals surface area contributed by atoms with Gasteiger partial charge in [-0.2, -0.15) is 0 Å². The Morgan fingerprint density at radius 2 is 2.35 bits per heavy atom. The molecule has 0 saturated heterocycles. The lowest BCUT2D eigenvalue weighted by Crippen LogP contribution is -2.28. The van der Waals surface area contributed by atoms with Crippen molar-refractivity contribution < 1.29 is 4.79 Å². The van der Waals surface area contributed by atoms with Gasteiger partial charge in [0.15, 0.2) is 0 Å². The largest absolute Gasteiger partial charge is 0.350 e. The van der Waals surface area contributed by atoms with Crippen molar-refractivity contribution in [3.8, 4) is 0 Å². The van der Waals surface area contributed by atoms with Crippen molar-refractivity contribution >= 4 is 17.2 Å². The maximum Gasteiger partial charge on any atom is 0.220 e. The van der Waals surface area contributed by atoms with E-state index in [9.17, 15) is 4.79 Å². The fourth-order valence-electron chi connectivity index (χ4n) is 1.78. The molecule has 1 unspecified atom stereocenters. The second-order valence-electron chi connectivity index (χ2n) is 4.64. The third kappa shape index (κ3) is 5.79. The standard InChI is InChI=1S/C12H21N3OS/c1-9(2)5-10(7-13)6-11(16)15-8-12-14-3-4-17-12/h3-4,9-10H,5-8,13H2,1-2H3,(H,15,16). The number of nitrogens with one attached hydrogen (secondary N) is 1. The van der Waals surface area contributed by atoms with E-state index in [2.05, 4.69) is 24.1 Å². The third-order valence-electron chi connectivity index (χ3n) is 2.53. The van der Waals surface area contributed by atoms with Crippen LogP contribution in [0.25, 0.3) is 0 Å². The van der Waals surface area contributed by atoms with E-state index in [1.54, 1.807) is 17.5 Å². The smallest absolute Gasteiger partial charge is 0.220 e. The number of hydrogen-bond donors (Lipinski definition) is 2. The Hall–Kier alpha value is -0.940. The average Bonchev–Trinajstić information content (AvgIpc) is 2.77. The SMILES string of the molecule is CC(C)CC(CN)CC(=O)NCc1nccs1. The number of nitrogens with zero attached hydrogens (tertiary/aromatic N) is 1. The molecule has 0 aliphatic rings. The Morgan fingerprint density at radius 3 is 2.88 bits per heavy atom. The zero-order chi connectivity index (χ0) is 12.7. The summed E-state index contributed by atoms with van der Waals surface area (Å²) in [6, 6.07) is 0. The first kappa shape index (κ1) is 14.1. The van der Waals surface area contributed by atoms with Crippen LogP contribution >= 0.6 is 11.3 Å². The number of carbonyl (C=O) groups excluding carboxylic acids is 1. The van der Waals surface area contributed by atoms with Crippen molar-refractivity contribution in [2.45, 2.75) is 33.2 Å². The highest BCUT2D eigenvalue weighted by Gasteiger charge is 2.13. The topological polar surface area (TPSA) is 68.0 Å². The molecule has 17 heavy (non-hydrogen) atoms. The van der Waals surface area contributed by atoms with Gasteiger partial charge in [-0.05, 0) is 24.8 Å². The second kappa shape index (κ2) is 7.40. The molecule has 0 bridgehead atoms. The van der Waals surface area contributed by atoms with Crippen LogP contribution in [0.5, 0.6) is 0 Å². The minimum absolute atomic E-state index is 0.0660. The van der Waals surface area contributed by atoms with Gasteiger partial charge in [-0.15, -0.1) is 11.3 Å². The molecule has 5 heteroatoms. The van der Waals surface area contributed by atoms with E-state index >= 15 is 0 Å². The van der Waals surface area contributed by atoms with Gasteiger partial charge in [0.25, 0.3) is 0 Å². The predicted molar refractivity (Wildman–Crippen MR) is 70.6 cm³/mol. The molecule has 1 rings (SSSR count). The van der Waals surface area contributed by atoms with Gasteiger partial charge in [0.2, 0.25) is 5.91 Å². The van der Waals surface area contributed by atoms with Crippen LogP contribution in [-0.2, 0) is 11.3 Å². The molecule has 0 saturated carbocycles. The molecule has 1 amide bonds. The molecule has 0 aromatic carbocycles. The first-order valence-corrected chi connectivity index (χ1v) is 6.85. The van der Waals surface area contributed by atoms with Gasteiger partial charge < -0.3 is 11.1 Å². The number of thiazole rings is 1. The highest BCUT2D eigenvalue weighted by atomic mass is 32.1. The van der Waals surface area contributed by atoms with E-state index in [4.69, 9.17) is 5.73 Å². The van der Waals surface area contributed by atoms with E-state index < -0.39 is 0 Å². The zero-order valence-electron chi connectivity index (χ0n) is 10.5. The molecule has 1 aromatic heterocycles. The summed E-state index contributed by atoms with van der Waals surface area (Å²) in [7, 11) is 0. The molecule has 0 spiro atoms. The van der Waals surface area contributed by atoms with Crippen LogP contribution in [0.4, 0.5) is 0 Å². The van der Waals surface area contributed by atoms with E-state index in [0.29, 0.717) is 25.4 Å². The van der Waals surface area contributed by atoms with Gasteiger partial charge in [0.1, 0.15) is 5.01 Å². The molecule has 0 radical (unpaired) electrons. The van der Waals surface area contributed by atoms with Gasteiger partial charge in [-0.3, -0.25) is 4.79 Å². The Balaban J connectivity index is 2.27. The van der Waals surface area contributed by atoms with Crippen LogP contribution in [0.3, 0.4) is 0 Å². The average molecular weight is 255 g/mol.